The summed E-state index contributed by atoms with van der Waals surface area (Å²) in [6, 6.07) is 9.06. The van der Waals surface area contributed by atoms with Gasteiger partial charge in [-0.25, -0.2) is 14.1 Å². The molecule has 4 rings (SSSR count). The fraction of sp³-hybridized carbons (Fsp3) is 0.238. The summed E-state index contributed by atoms with van der Waals surface area (Å²) in [5.41, 5.74) is 0.558. The Morgan fingerprint density at radius 3 is 2.39 bits per heavy atom. The van der Waals surface area contributed by atoms with Crippen LogP contribution in [-0.4, -0.2) is 29.7 Å². The fourth-order valence-electron chi connectivity index (χ4n) is 3.47. The van der Waals surface area contributed by atoms with Crippen LogP contribution in [0.4, 0.5) is 10.1 Å². The summed E-state index contributed by atoms with van der Waals surface area (Å²) in [5.74, 6) is -2.44. The Morgan fingerprint density at radius 1 is 0.964 bits per heavy atom. The number of nitrogens with zero attached hydrogens (tertiary/aromatic N) is 1. The molecule has 0 radical (unpaired) electrons. The van der Waals surface area contributed by atoms with Crippen LogP contribution in [0, 0.1) is 5.82 Å². The van der Waals surface area contributed by atoms with Gasteiger partial charge in [0.25, 0.3) is 11.8 Å². The molecule has 0 bridgehead atoms. The van der Waals surface area contributed by atoms with Gasteiger partial charge in [0.05, 0.1) is 22.4 Å². The van der Waals surface area contributed by atoms with Crippen molar-refractivity contribution >= 4 is 29.3 Å². The topological polar surface area (TPSA) is 80.8 Å². The van der Waals surface area contributed by atoms with Crippen LogP contribution in [-0.2, 0) is 9.53 Å². The minimum Gasteiger partial charge on any atom is -0.451 e. The van der Waals surface area contributed by atoms with E-state index in [1.807, 2.05) is 0 Å². The third-order valence-electron chi connectivity index (χ3n) is 4.95. The lowest BCUT2D eigenvalue weighted by Crippen LogP contribution is -2.30. The summed E-state index contributed by atoms with van der Waals surface area (Å²) < 4.78 is 18.4. The second-order valence-electron chi connectivity index (χ2n) is 6.79. The number of hydrogen-bond acceptors (Lipinski definition) is 5. The summed E-state index contributed by atoms with van der Waals surface area (Å²) in [6.07, 6.45) is 1.73. The lowest BCUT2D eigenvalue weighted by molar-refractivity contribution is -0.129. The van der Waals surface area contributed by atoms with E-state index in [0.717, 1.165) is 29.9 Å². The Bertz CT molecular complexity index is 998. The smallest absolute Gasteiger partial charge is 0.338 e. The van der Waals surface area contributed by atoms with Gasteiger partial charge in [-0.15, -0.1) is 0 Å². The molecule has 7 heteroatoms. The Balaban J connectivity index is 1.59. The first kappa shape index (κ1) is 18.0. The molecular formula is C21H16FNO5. The van der Waals surface area contributed by atoms with E-state index < -0.39 is 29.7 Å². The summed E-state index contributed by atoms with van der Waals surface area (Å²) in [4.78, 5) is 50.5. The van der Waals surface area contributed by atoms with Crippen molar-refractivity contribution in [2.75, 3.05) is 4.90 Å². The molecule has 0 spiro atoms. The summed E-state index contributed by atoms with van der Waals surface area (Å²) in [6.45, 7) is 0. The highest BCUT2D eigenvalue weighted by molar-refractivity contribution is 6.34. The predicted octanol–water partition coefficient (Wildman–Crippen LogP) is 3.29. The molecule has 2 amide bonds. The molecule has 1 atom stereocenters. The second-order valence-corrected chi connectivity index (χ2v) is 6.79. The number of amides is 2. The van der Waals surface area contributed by atoms with Crippen LogP contribution in [0.1, 0.15) is 56.8 Å². The van der Waals surface area contributed by atoms with E-state index in [2.05, 4.69) is 0 Å². The Morgan fingerprint density at radius 2 is 1.68 bits per heavy atom. The van der Waals surface area contributed by atoms with E-state index in [1.54, 1.807) is 0 Å². The van der Waals surface area contributed by atoms with Gasteiger partial charge in [0.15, 0.2) is 11.9 Å². The number of ketones is 1. The van der Waals surface area contributed by atoms with E-state index >= 15 is 0 Å². The first-order valence-corrected chi connectivity index (χ1v) is 8.98. The molecule has 0 saturated heterocycles. The maximum atomic E-state index is 13.1. The molecule has 2 aromatic rings. The molecule has 28 heavy (non-hydrogen) atoms. The molecule has 142 valence electrons. The fourth-order valence-corrected chi connectivity index (χ4v) is 3.47. The largest absolute Gasteiger partial charge is 0.451 e. The highest BCUT2D eigenvalue weighted by atomic mass is 19.1. The van der Waals surface area contributed by atoms with Crippen LogP contribution >= 0.6 is 0 Å². The van der Waals surface area contributed by atoms with E-state index in [1.165, 1.54) is 30.3 Å². The van der Waals surface area contributed by atoms with Gasteiger partial charge in [0, 0.05) is 6.42 Å². The van der Waals surface area contributed by atoms with Crippen molar-refractivity contribution in [3.8, 4) is 0 Å². The van der Waals surface area contributed by atoms with Crippen molar-refractivity contribution in [2.45, 2.75) is 31.8 Å². The van der Waals surface area contributed by atoms with Crippen molar-refractivity contribution in [1.82, 2.24) is 0 Å². The molecule has 1 fully saturated rings. The first-order chi connectivity index (χ1) is 13.5. The van der Waals surface area contributed by atoms with Crippen LogP contribution in [0.3, 0.4) is 0 Å². The summed E-state index contributed by atoms with van der Waals surface area (Å²) >= 11 is 0. The van der Waals surface area contributed by atoms with Gasteiger partial charge in [-0.2, -0.15) is 0 Å². The highest BCUT2D eigenvalue weighted by Crippen LogP contribution is 2.29. The van der Waals surface area contributed by atoms with Crippen LogP contribution in [0.2, 0.25) is 0 Å². The zero-order valence-corrected chi connectivity index (χ0v) is 14.8. The van der Waals surface area contributed by atoms with Crippen molar-refractivity contribution in [2.24, 2.45) is 0 Å². The molecule has 1 aliphatic heterocycles. The third kappa shape index (κ3) is 3.09. The third-order valence-corrected chi connectivity index (χ3v) is 4.95. The SMILES string of the molecule is O=C(O[C@@H]1CCCCC1=O)c1ccc2c(c1)C(=O)N(c1ccc(F)cc1)C2=O. The van der Waals surface area contributed by atoms with Gasteiger partial charge in [0.2, 0.25) is 0 Å². The number of benzene rings is 2. The van der Waals surface area contributed by atoms with Crippen LogP contribution in [0.25, 0.3) is 0 Å². The van der Waals surface area contributed by atoms with E-state index in [9.17, 15) is 23.6 Å². The molecule has 6 nitrogen and oxygen atoms in total. The van der Waals surface area contributed by atoms with Crippen molar-refractivity contribution in [3.05, 3.63) is 65.0 Å². The lowest BCUT2D eigenvalue weighted by Gasteiger charge is -2.20. The maximum absolute atomic E-state index is 13.1. The van der Waals surface area contributed by atoms with Gasteiger partial charge >= 0.3 is 5.97 Å². The molecule has 0 N–H and O–H groups in total. The zero-order valence-electron chi connectivity index (χ0n) is 14.8. The summed E-state index contributed by atoms with van der Waals surface area (Å²) in [7, 11) is 0. The average molecular weight is 381 g/mol. The lowest BCUT2D eigenvalue weighted by atomic mass is 9.96. The Labute approximate surface area is 159 Å². The molecule has 1 heterocycles. The number of hydrogen-bond donors (Lipinski definition) is 0. The molecule has 0 aromatic heterocycles. The number of esters is 1. The molecule has 2 aliphatic rings. The predicted molar refractivity (Wildman–Crippen MR) is 96.7 cm³/mol. The van der Waals surface area contributed by atoms with E-state index in [0.29, 0.717) is 12.8 Å². The van der Waals surface area contributed by atoms with Gasteiger partial charge in [-0.1, -0.05) is 0 Å². The molecule has 1 aliphatic carbocycles. The molecule has 0 unspecified atom stereocenters. The van der Waals surface area contributed by atoms with Gasteiger partial charge < -0.3 is 4.74 Å². The first-order valence-electron chi connectivity index (χ1n) is 8.98. The number of carbonyl (C=O) groups excluding carboxylic acids is 4. The van der Waals surface area contributed by atoms with E-state index in [4.69, 9.17) is 4.74 Å². The van der Waals surface area contributed by atoms with Crippen LogP contribution in [0.15, 0.2) is 42.5 Å². The minimum absolute atomic E-state index is 0.0683. The minimum atomic E-state index is -0.762. The highest BCUT2D eigenvalue weighted by Gasteiger charge is 2.37. The average Bonchev–Trinajstić information content (AvgIpc) is 2.94. The van der Waals surface area contributed by atoms with Gasteiger partial charge in [0.1, 0.15) is 5.82 Å². The number of carbonyl (C=O) groups is 4. The van der Waals surface area contributed by atoms with Gasteiger partial charge in [-0.3, -0.25) is 14.4 Å². The number of ether oxygens (including phenoxy) is 1. The number of halogens is 1. The quantitative estimate of drug-likeness (QED) is 0.602. The standard InChI is InChI=1S/C21H16FNO5/c22-13-6-8-14(9-7-13)23-19(25)15-10-5-12(11-16(15)20(23)26)21(27)28-18-4-2-1-3-17(18)24/h5-11,18H,1-4H2/t18-/m1/s1. The summed E-state index contributed by atoms with van der Waals surface area (Å²) in [5, 5.41) is 0. The van der Waals surface area contributed by atoms with Crippen molar-refractivity contribution < 1.29 is 28.3 Å². The number of anilines is 1. The van der Waals surface area contributed by atoms with Crippen LogP contribution in [0.5, 0.6) is 0 Å². The Kier molecular flexibility index (Phi) is 4.50. The van der Waals surface area contributed by atoms with Crippen LogP contribution < -0.4 is 4.90 Å². The zero-order chi connectivity index (χ0) is 19.8. The maximum Gasteiger partial charge on any atom is 0.338 e. The molecular weight excluding hydrogens is 365 g/mol. The molecule has 2 aromatic carbocycles. The van der Waals surface area contributed by atoms with Gasteiger partial charge in [-0.05, 0) is 61.7 Å². The number of Topliss-reactive ketones (excluding diaryl/α,β-unsaturated/α-hetero) is 1. The number of imide groups is 1. The number of rotatable bonds is 3. The van der Waals surface area contributed by atoms with Crippen molar-refractivity contribution in [3.63, 3.8) is 0 Å². The monoisotopic (exact) mass is 381 g/mol. The molecule has 1 saturated carbocycles. The normalized spacial score (nSPS) is 19.0. The van der Waals surface area contributed by atoms with Crippen molar-refractivity contribution in [1.29, 1.82) is 0 Å². The number of fused-ring (bicyclic) bond motifs is 1. The Hall–Kier alpha value is -3.35. The second kappa shape index (κ2) is 6.99. The van der Waals surface area contributed by atoms with E-state index in [-0.39, 0.29) is 28.2 Å².